The fraction of sp³-hybridized carbons (Fsp3) is 0.500. The van der Waals surface area contributed by atoms with Gasteiger partial charge in [0.25, 0.3) is 0 Å². The number of benzene rings is 1. The zero-order valence-electron chi connectivity index (χ0n) is 12.5. The number of aromatic nitrogens is 4. The molecule has 21 heavy (non-hydrogen) atoms. The number of hydrogen-bond acceptors (Lipinski definition) is 5. The number of rotatable bonds is 6. The van der Waals surface area contributed by atoms with Crippen LogP contribution in [0.15, 0.2) is 18.2 Å². The van der Waals surface area contributed by atoms with E-state index in [9.17, 15) is 4.39 Å². The van der Waals surface area contributed by atoms with Gasteiger partial charge < -0.3 is 10.5 Å². The van der Waals surface area contributed by atoms with Crippen molar-refractivity contribution in [2.75, 3.05) is 18.9 Å². The molecule has 0 saturated carbocycles. The van der Waals surface area contributed by atoms with E-state index in [0.717, 1.165) is 0 Å². The molecule has 1 aromatic carbocycles. The van der Waals surface area contributed by atoms with E-state index >= 15 is 0 Å². The maximum absolute atomic E-state index is 13.5. The van der Waals surface area contributed by atoms with E-state index in [0.29, 0.717) is 30.3 Å². The highest BCUT2D eigenvalue weighted by atomic mass is 19.1. The fourth-order valence-corrected chi connectivity index (χ4v) is 2.13. The third kappa shape index (κ3) is 3.55. The van der Waals surface area contributed by atoms with Gasteiger partial charge in [-0.1, -0.05) is 13.8 Å². The minimum atomic E-state index is -0.412. The summed E-state index contributed by atoms with van der Waals surface area (Å²) in [5, 5.41) is 11.8. The molecular weight excluding hydrogens is 273 g/mol. The van der Waals surface area contributed by atoms with Crippen LogP contribution in [-0.2, 0) is 4.74 Å². The van der Waals surface area contributed by atoms with Crippen molar-refractivity contribution in [1.29, 1.82) is 0 Å². The summed E-state index contributed by atoms with van der Waals surface area (Å²) < 4.78 is 20.7. The Morgan fingerprint density at radius 1 is 1.33 bits per heavy atom. The van der Waals surface area contributed by atoms with Crippen LogP contribution in [0.3, 0.4) is 0 Å². The standard InChI is InChI=1S/C14H20FN5O/c1-4-21-8-13(9(2)3)20-14(17-18-19-20)10-5-11(15)7-12(16)6-10/h5-7,9,13H,4,8,16H2,1-3H3. The number of anilines is 1. The summed E-state index contributed by atoms with van der Waals surface area (Å²) in [6, 6.07) is 4.26. The molecule has 1 atom stereocenters. The first kappa shape index (κ1) is 15.4. The van der Waals surface area contributed by atoms with Crippen LogP contribution in [0.1, 0.15) is 26.8 Å². The third-order valence-electron chi connectivity index (χ3n) is 3.25. The summed E-state index contributed by atoms with van der Waals surface area (Å²) in [7, 11) is 0. The van der Waals surface area contributed by atoms with Crippen LogP contribution in [-0.4, -0.2) is 33.4 Å². The summed E-state index contributed by atoms with van der Waals surface area (Å²) in [5.74, 6) is 0.342. The molecule has 2 N–H and O–H groups in total. The zero-order chi connectivity index (χ0) is 15.4. The first-order valence-electron chi connectivity index (χ1n) is 6.95. The molecule has 6 nitrogen and oxygen atoms in total. The Morgan fingerprint density at radius 2 is 2.10 bits per heavy atom. The van der Waals surface area contributed by atoms with E-state index in [1.54, 1.807) is 10.7 Å². The number of nitrogens with zero attached hydrogens (tertiary/aromatic N) is 4. The molecule has 0 bridgehead atoms. The first-order chi connectivity index (χ1) is 10.0. The van der Waals surface area contributed by atoms with Crippen LogP contribution in [0.4, 0.5) is 10.1 Å². The van der Waals surface area contributed by atoms with Crippen LogP contribution < -0.4 is 5.73 Å². The summed E-state index contributed by atoms with van der Waals surface area (Å²) in [6.07, 6.45) is 0. The maximum Gasteiger partial charge on any atom is 0.182 e. The molecule has 114 valence electrons. The van der Waals surface area contributed by atoms with E-state index in [4.69, 9.17) is 10.5 Å². The van der Waals surface area contributed by atoms with Gasteiger partial charge in [-0.3, -0.25) is 0 Å². The topological polar surface area (TPSA) is 78.8 Å². The second-order valence-electron chi connectivity index (χ2n) is 5.19. The van der Waals surface area contributed by atoms with Gasteiger partial charge >= 0.3 is 0 Å². The van der Waals surface area contributed by atoms with E-state index in [2.05, 4.69) is 29.4 Å². The Balaban J connectivity index is 2.40. The zero-order valence-corrected chi connectivity index (χ0v) is 12.5. The second-order valence-corrected chi connectivity index (χ2v) is 5.19. The highest BCUT2D eigenvalue weighted by Gasteiger charge is 2.22. The van der Waals surface area contributed by atoms with Gasteiger partial charge in [-0.05, 0) is 41.5 Å². The average molecular weight is 293 g/mol. The summed E-state index contributed by atoms with van der Waals surface area (Å²) in [5.41, 5.74) is 6.58. The van der Waals surface area contributed by atoms with E-state index in [1.165, 1.54) is 12.1 Å². The average Bonchev–Trinajstić information content (AvgIpc) is 2.87. The van der Waals surface area contributed by atoms with Crippen LogP contribution in [0.25, 0.3) is 11.4 Å². The van der Waals surface area contributed by atoms with Crippen molar-refractivity contribution in [2.24, 2.45) is 5.92 Å². The lowest BCUT2D eigenvalue weighted by molar-refractivity contribution is 0.0913. The van der Waals surface area contributed by atoms with Crippen LogP contribution in [0.2, 0.25) is 0 Å². The molecule has 1 heterocycles. The van der Waals surface area contributed by atoms with Crippen LogP contribution in [0.5, 0.6) is 0 Å². The SMILES string of the molecule is CCOCC(C(C)C)n1nnnc1-c1cc(N)cc(F)c1. The molecule has 2 aromatic rings. The minimum Gasteiger partial charge on any atom is -0.399 e. The second kappa shape index (κ2) is 6.62. The highest BCUT2D eigenvalue weighted by Crippen LogP contribution is 2.26. The normalized spacial score (nSPS) is 12.8. The van der Waals surface area contributed by atoms with Crippen molar-refractivity contribution >= 4 is 5.69 Å². The number of ether oxygens (including phenoxy) is 1. The Morgan fingerprint density at radius 3 is 2.71 bits per heavy atom. The molecule has 0 saturated heterocycles. The van der Waals surface area contributed by atoms with E-state index < -0.39 is 5.82 Å². The number of nitrogen functional groups attached to an aromatic ring is 1. The molecule has 7 heteroatoms. The lowest BCUT2D eigenvalue weighted by atomic mass is 10.0. The molecule has 0 aliphatic heterocycles. The predicted molar refractivity (Wildman–Crippen MR) is 78.0 cm³/mol. The van der Waals surface area contributed by atoms with Crippen molar-refractivity contribution in [2.45, 2.75) is 26.8 Å². The maximum atomic E-state index is 13.5. The van der Waals surface area contributed by atoms with Gasteiger partial charge in [0.2, 0.25) is 0 Å². The monoisotopic (exact) mass is 293 g/mol. The Hall–Kier alpha value is -2.02. The summed E-state index contributed by atoms with van der Waals surface area (Å²) >= 11 is 0. The van der Waals surface area contributed by atoms with Gasteiger partial charge in [-0.2, -0.15) is 0 Å². The summed E-state index contributed by atoms with van der Waals surface area (Å²) in [4.78, 5) is 0. The molecule has 1 aromatic heterocycles. The van der Waals surface area contributed by atoms with Gasteiger partial charge in [0.1, 0.15) is 5.82 Å². The Kier molecular flexibility index (Phi) is 4.85. The number of tetrazole rings is 1. The lowest BCUT2D eigenvalue weighted by Gasteiger charge is -2.21. The summed E-state index contributed by atoms with van der Waals surface area (Å²) in [6.45, 7) is 7.18. The number of nitrogens with two attached hydrogens (primary N) is 1. The Labute approximate surface area is 123 Å². The molecule has 0 spiro atoms. The first-order valence-corrected chi connectivity index (χ1v) is 6.95. The van der Waals surface area contributed by atoms with E-state index in [1.807, 2.05) is 6.92 Å². The van der Waals surface area contributed by atoms with Crippen LogP contribution in [0, 0.1) is 11.7 Å². The van der Waals surface area contributed by atoms with Crippen molar-refractivity contribution in [3.63, 3.8) is 0 Å². The molecule has 2 rings (SSSR count). The van der Waals surface area contributed by atoms with Gasteiger partial charge in [-0.25, -0.2) is 9.07 Å². The van der Waals surface area contributed by atoms with E-state index in [-0.39, 0.29) is 12.0 Å². The predicted octanol–water partition coefficient (Wildman–Crippen LogP) is 2.29. The molecule has 0 aliphatic carbocycles. The fourth-order valence-electron chi connectivity index (χ4n) is 2.13. The van der Waals surface area contributed by atoms with Crippen molar-refractivity contribution in [3.8, 4) is 11.4 Å². The molecule has 0 radical (unpaired) electrons. The Bertz CT molecular complexity index is 579. The smallest absolute Gasteiger partial charge is 0.182 e. The van der Waals surface area contributed by atoms with Gasteiger partial charge in [0, 0.05) is 17.9 Å². The molecule has 0 fully saturated rings. The largest absolute Gasteiger partial charge is 0.399 e. The molecule has 1 unspecified atom stereocenters. The number of halogens is 1. The quantitative estimate of drug-likeness (QED) is 0.827. The van der Waals surface area contributed by atoms with Gasteiger partial charge in [0.15, 0.2) is 5.82 Å². The molecule has 0 amide bonds. The lowest BCUT2D eigenvalue weighted by Crippen LogP contribution is -2.23. The van der Waals surface area contributed by atoms with Crippen molar-refractivity contribution in [3.05, 3.63) is 24.0 Å². The number of hydrogen-bond donors (Lipinski definition) is 1. The molecular formula is C14H20FN5O. The molecule has 0 aliphatic rings. The van der Waals surface area contributed by atoms with Crippen LogP contribution >= 0.6 is 0 Å². The van der Waals surface area contributed by atoms with Gasteiger partial charge in [0.05, 0.1) is 12.6 Å². The third-order valence-corrected chi connectivity index (χ3v) is 3.25. The highest BCUT2D eigenvalue weighted by molar-refractivity contribution is 5.61. The van der Waals surface area contributed by atoms with Crippen molar-refractivity contribution in [1.82, 2.24) is 20.2 Å². The minimum absolute atomic E-state index is 0.0283. The van der Waals surface area contributed by atoms with Gasteiger partial charge in [-0.15, -0.1) is 5.10 Å². The van der Waals surface area contributed by atoms with Crippen molar-refractivity contribution < 1.29 is 9.13 Å².